The van der Waals surface area contributed by atoms with Crippen molar-refractivity contribution in [2.24, 2.45) is 17.3 Å². The van der Waals surface area contributed by atoms with Crippen molar-refractivity contribution in [1.29, 1.82) is 0 Å². The highest BCUT2D eigenvalue weighted by molar-refractivity contribution is 4.95. The summed E-state index contributed by atoms with van der Waals surface area (Å²) in [6.07, 6.45) is 8.31. The molecule has 1 saturated carbocycles. The van der Waals surface area contributed by atoms with Gasteiger partial charge >= 0.3 is 0 Å². The Labute approximate surface area is 133 Å². The standard InChI is InChI=1S/C19H38N2/c1-6-19(4,5)16-8-9-17(20-7-2)18(14-16)21-12-10-15(3)11-13-21/h15-18,20H,6-14H2,1-5H3. The largest absolute Gasteiger partial charge is 0.313 e. The van der Waals surface area contributed by atoms with Gasteiger partial charge in [0.1, 0.15) is 0 Å². The summed E-state index contributed by atoms with van der Waals surface area (Å²) in [6.45, 7) is 15.8. The molecule has 2 fully saturated rings. The number of nitrogens with zero attached hydrogens (tertiary/aromatic N) is 1. The minimum atomic E-state index is 0.512. The van der Waals surface area contributed by atoms with Crippen LogP contribution in [0.2, 0.25) is 0 Å². The molecule has 3 atom stereocenters. The number of rotatable bonds is 5. The van der Waals surface area contributed by atoms with Crippen LogP contribution in [0.3, 0.4) is 0 Å². The smallest absolute Gasteiger partial charge is 0.0252 e. The van der Waals surface area contributed by atoms with E-state index in [1.165, 1.54) is 51.6 Å². The quantitative estimate of drug-likeness (QED) is 0.813. The first-order valence-corrected chi connectivity index (χ1v) is 9.45. The van der Waals surface area contributed by atoms with Crippen molar-refractivity contribution >= 4 is 0 Å². The van der Waals surface area contributed by atoms with E-state index in [1.807, 2.05) is 0 Å². The number of nitrogens with one attached hydrogen (secondary N) is 1. The highest BCUT2D eigenvalue weighted by Gasteiger charge is 2.39. The van der Waals surface area contributed by atoms with E-state index in [0.29, 0.717) is 5.41 Å². The van der Waals surface area contributed by atoms with Crippen molar-refractivity contribution in [1.82, 2.24) is 10.2 Å². The van der Waals surface area contributed by atoms with Crippen LogP contribution < -0.4 is 5.32 Å². The lowest BCUT2D eigenvalue weighted by molar-refractivity contribution is 0.0336. The number of piperidine rings is 1. The first kappa shape index (κ1) is 17.3. The van der Waals surface area contributed by atoms with Gasteiger partial charge in [0.05, 0.1) is 0 Å². The fourth-order valence-electron chi connectivity index (χ4n) is 4.41. The Morgan fingerprint density at radius 3 is 2.29 bits per heavy atom. The molecule has 21 heavy (non-hydrogen) atoms. The molecule has 124 valence electrons. The van der Waals surface area contributed by atoms with E-state index in [9.17, 15) is 0 Å². The van der Waals surface area contributed by atoms with Gasteiger partial charge in [-0.2, -0.15) is 0 Å². The molecule has 1 aliphatic carbocycles. The van der Waals surface area contributed by atoms with E-state index in [2.05, 4.69) is 44.8 Å². The fourth-order valence-corrected chi connectivity index (χ4v) is 4.41. The Balaban J connectivity index is 2.04. The second-order valence-corrected chi connectivity index (χ2v) is 8.30. The highest BCUT2D eigenvalue weighted by atomic mass is 15.2. The summed E-state index contributed by atoms with van der Waals surface area (Å²) in [5.74, 6) is 1.84. The normalized spacial score (nSPS) is 33.3. The van der Waals surface area contributed by atoms with Crippen LogP contribution in [0.4, 0.5) is 0 Å². The third-order valence-electron chi connectivity index (χ3n) is 6.59. The molecule has 2 aliphatic rings. The maximum Gasteiger partial charge on any atom is 0.0252 e. The van der Waals surface area contributed by atoms with Gasteiger partial charge < -0.3 is 5.32 Å². The Hall–Kier alpha value is -0.0800. The van der Waals surface area contributed by atoms with Crippen LogP contribution in [-0.4, -0.2) is 36.6 Å². The monoisotopic (exact) mass is 294 g/mol. The number of hydrogen-bond acceptors (Lipinski definition) is 2. The summed E-state index contributed by atoms with van der Waals surface area (Å²) in [5, 5.41) is 3.79. The summed E-state index contributed by atoms with van der Waals surface area (Å²) in [6, 6.07) is 1.51. The minimum Gasteiger partial charge on any atom is -0.313 e. The van der Waals surface area contributed by atoms with Crippen LogP contribution in [-0.2, 0) is 0 Å². The summed E-state index contributed by atoms with van der Waals surface area (Å²) in [4.78, 5) is 2.82. The van der Waals surface area contributed by atoms with Gasteiger partial charge in [0, 0.05) is 12.1 Å². The topological polar surface area (TPSA) is 15.3 Å². The van der Waals surface area contributed by atoms with Gasteiger partial charge in [0.2, 0.25) is 0 Å². The molecule has 2 heteroatoms. The Morgan fingerprint density at radius 2 is 1.71 bits per heavy atom. The first-order valence-electron chi connectivity index (χ1n) is 9.45. The van der Waals surface area contributed by atoms with Crippen LogP contribution in [0, 0.1) is 17.3 Å². The van der Waals surface area contributed by atoms with Gasteiger partial charge in [0.25, 0.3) is 0 Å². The molecule has 0 aromatic heterocycles. The summed E-state index contributed by atoms with van der Waals surface area (Å²) in [5.41, 5.74) is 0.512. The van der Waals surface area contributed by atoms with Gasteiger partial charge in [-0.1, -0.05) is 41.0 Å². The predicted octanol–water partition coefficient (Wildman–Crippen LogP) is 4.30. The molecule has 1 saturated heterocycles. The van der Waals surface area contributed by atoms with Gasteiger partial charge in [-0.3, -0.25) is 4.90 Å². The van der Waals surface area contributed by atoms with Gasteiger partial charge in [-0.05, 0) is 69.0 Å². The molecule has 0 bridgehead atoms. The molecule has 1 heterocycles. The number of likely N-dealkylation sites (tertiary alicyclic amines) is 1. The molecule has 0 radical (unpaired) electrons. The molecular formula is C19H38N2. The lowest BCUT2D eigenvalue weighted by atomic mass is 9.67. The van der Waals surface area contributed by atoms with Crippen LogP contribution in [0.1, 0.15) is 73.1 Å². The summed E-state index contributed by atoms with van der Waals surface area (Å²) in [7, 11) is 0. The zero-order chi connectivity index (χ0) is 15.5. The predicted molar refractivity (Wildman–Crippen MR) is 92.6 cm³/mol. The van der Waals surface area contributed by atoms with Crippen LogP contribution in [0.25, 0.3) is 0 Å². The van der Waals surface area contributed by atoms with Gasteiger partial charge in [0.15, 0.2) is 0 Å². The number of likely N-dealkylation sites (N-methyl/N-ethyl adjacent to an activating group) is 1. The first-order chi connectivity index (χ1) is 9.97. The van der Waals surface area contributed by atoms with Gasteiger partial charge in [-0.15, -0.1) is 0 Å². The molecule has 0 aromatic rings. The van der Waals surface area contributed by atoms with E-state index >= 15 is 0 Å². The van der Waals surface area contributed by atoms with Gasteiger partial charge in [-0.25, -0.2) is 0 Å². The van der Waals surface area contributed by atoms with Crippen molar-refractivity contribution < 1.29 is 0 Å². The van der Waals surface area contributed by atoms with Crippen LogP contribution in [0.5, 0.6) is 0 Å². The Morgan fingerprint density at radius 1 is 1.05 bits per heavy atom. The molecule has 0 spiro atoms. The van der Waals surface area contributed by atoms with Crippen molar-refractivity contribution in [3.63, 3.8) is 0 Å². The van der Waals surface area contributed by atoms with Crippen molar-refractivity contribution in [2.45, 2.75) is 85.2 Å². The second kappa shape index (κ2) is 7.46. The minimum absolute atomic E-state index is 0.512. The number of hydrogen-bond donors (Lipinski definition) is 1. The molecule has 2 nitrogen and oxygen atoms in total. The maximum absolute atomic E-state index is 3.79. The average Bonchev–Trinajstić information content (AvgIpc) is 2.49. The molecule has 1 N–H and O–H groups in total. The average molecular weight is 295 g/mol. The fraction of sp³-hybridized carbons (Fsp3) is 1.00. The SMILES string of the molecule is CCNC1CCC(C(C)(C)CC)CC1N1CCC(C)CC1. The van der Waals surface area contributed by atoms with E-state index in [-0.39, 0.29) is 0 Å². The summed E-state index contributed by atoms with van der Waals surface area (Å²) >= 11 is 0. The molecule has 2 rings (SSSR count). The second-order valence-electron chi connectivity index (χ2n) is 8.30. The molecule has 1 aliphatic heterocycles. The third-order valence-corrected chi connectivity index (χ3v) is 6.59. The zero-order valence-electron chi connectivity index (χ0n) is 15.1. The molecule has 0 aromatic carbocycles. The van der Waals surface area contributed by atoms with E-state index in [1.54, 1.807) is 0 Å². The lowest BCUT2D eigenvalue weighted by Crippen LogP contribution is -2.56. The van der Waals surface area contributed by atoms with Crippen molar-refractivity contribution in [3.05, 3.63) is 0 Å². The lowest BCUT2D eigenvalue weighted by Gasteiger charge is -2.48. The highest BCUT2D eigenvalue weighted by Crippen LogP contribution is 2.42. The molecule has 0 amide bonds. The van der Waals surface area contributed by atoms with Crippen molar-refractivity contribution in [2.75, 3.05) is 19.6 Å². The third kappa shape index (κ3) is 4.22. The molecular weight excluding hydrogens is 256 g/mol. The van der Waals surface area contributed by atoms with Crippen LogP contribution >= 0.6 is 0 Å². The summed E-state index contributed by atoms with van der Waals surface area (Å²) < 4.78 is 0. The van der Waals surface area contributed by atoms with Crippen LogP contribution in [0.15, 0.2) is 0 Å². The maximum atomic E-state index is 3.79. The van der Waals surface area contributed by atoms with E-state index in [0.717, 1.165) is 30.5 Å². The van der Waals surface area contributed by atoms with E-state index < -0.39 is 0 Å². The Kier molecular flexibility index (Phi) is 6.14. The Bertz CT molecular complexity index is 305. The van der Waals surface area contributed by atoms with E-state index in [4.69, 9.17) is 0 Å². The van der Waals surface area contributed by atoms with Crippen molar-refractivity contribution in [3.8, 4) is 0 Å². The molecule has 3 unspecified atom stereocenters. The zero-order valence-corrected chi connectivity index (χ0v) is 15.1.